The second-order valence-electron chi connectivity index (χ2n) is 13.6. The second-order valence-corrected chi connectivity index (χ2v) is 13.6. The summed E-state index contributed by atoms with van der Waals surface area (Å²) in [5.41, 5.74) is 5.24. The van der Waals surface area contributed by atoms with Crippen molar-refractivity contribution in [1.29, 1.82) is 0 Å². The Kier molecular flexibility index (Phi) is 8.29. The van der Waals surface area contributed by atoms with Gasteiger partial charge in [-0.25, -0.2) is 4.98 Å². The van der Waals surface area contributed by atoms with Gasteiger partial charge in [0.05, 0.1) is 65.3 Å². The summed E-state index contributed by atoms with van der Waals surface area (Å²) in [7, 11) is 7.80. The van der Waals surface area contributed by atoms with Gasteiger partial charge in [0.1, 0.15) is 17.2 Å². The van der Waals surface area contributed by atoms with E-state index in [-0.39, 0.29) is 25.1 Å². The summed E-state index contributed by atoms with van der Waals surface area (Å²) < 4.78 is 45.8. The molecule has 1 aliphatic carbocycles. The number of para-hydroxylation sites is 1. The lowest BCUT2D eigenvalue weighted by Gasteiger charge is -2.39. The van der Waals surface area contributed by atoms with Crippen LogP contribution in [-0.2, 0) is 9.53 Å². The van der Waals surface area contributed by atoms with Gasteiger partial charge in [-0.2, -0.15) is 0 Å². The Morgan fingerprint density at radius 1 is 0.782 bits per heavy atom. The summed E-state index contributed by atoms with van der Waals surface area (Å²) in [4.78, 5) is 37.0. The predicted octanol–water partition coefficient (Wildman–Crippen LogP) is 6.56. The van der Waals surface area contributed by atoms with Crippen molar-refractivity contribution >= 4 is 33.7 Å². The first-order valence-electron chi connectivity index (χ1n) is 17.7. The van der Waals surface area contributed by atoms with Gasteiger partial charge in [-0.15, -0.1) is 0 Å². The standard InChI is InChI=1S/C42H37N3O10/c1-48-21-10-11-30(49-2)26(14-21)39-38-24(22-8-6-7-9-28(22)43-38)15-29(44-39)41(46)45-37-25-17-32-31(54-19-55-32)16-23(25)35(36-27(37)18-53-42(36)47)20-12-33(50-3)40(52-5)34(13-20)51-4/h6-17,27,35-37,43H,18-19H2,1-5H3,(H,45,46)/t27-,35+,36-,37-/m0/s1. The SMILES string of the molecule is COc1ccc(OC)c(-c2nc(C(=O)N[C@H]3c4cc5c(cc4[C@@H](c4cc(OC)c(OC)c(OC)c4)[C@H]4C(=O)OC[C@@H]43)OCO5)cc3c2[nH]c2ccccc23)c1. The van der Waals surface area contributed by atoms with Crippen LogP contribution >= 0.6 is 0 Å². The zero-order valence-electron chi connectivity index (χ0n) is 30.7. The lowest BCUT2D eigenvalue weighted by molar-refractivity contribution is -0.141. The van der Waals surface area contributed by atoms with Gasteiger partial charge in [0.2, 0.25) is 12.5 Å². The number of ether oxygens (including phenoxy) is 8. The summed E-state index contributed by atoms with van der Waals surface area (Å²) in [6.07, 6.45) is 0. The third-order valence-electron chi connectivity index (χ3n) is 10.9. The molecular weight excluding hydrogens is 706 g/mol. The summed E-state index contributed by atoms with van der Waals surface area (Å²) in [6.45, 7) is 0.133. The van der Waals surface area contributed by atoms with Crippen LogP contribution in [0.2, 0.25) is 0 Å². The lowest BCUT2D eigenvalue weighted by atomic mass is 9.65. The summed E-state index contributed by atoms with van der Waals surface area (Å²) in [5.74, 6) is 1.09. The minimum absolute atomic E-state index is 0.0457. The van der Waals surface area contributed by atoms with Gasteiger partial charge in [0, 0.05) is 33.7 Å². The van der Waals surface area contributed by atoms with Crippen LogP contribution in [0.25, 0.3) is 33.1 Å². The summed E-state index contributed by atoms with van der Waals surface area (Å²) in [5, 5.41) is 5.01. The molecular formula is C42H37N3O10. The molecule has 0 saturated carbocycles. The highest BCUT2D eigenvalue weighted by Crippen LogP contribution is 2.56. The third kappa shape index (κ3) is 5.40. The molecule has 3 aliphatic rings. The van der Waals surface area contributed by atoms with Crippen LogP contribution in [0.3, 0.4) is 0 Å². The number of nitrogens with zero attached hydrogens (tertiary/aromatic N) is 1. The molecule has 4 aromatic carbocycles. The van der Waals surface area contributed by atoms with Gasteiger partial charge < -0.3 is 48.2 Å². The second kappa shape index (κ2) is 13.3. The average Bonchev–Trinajstić information content (AvgIpc) is 3.95. The molecule has 13 nitrogen and oxygen atoms in total. The Bertz CT molecular complexity index is 2500. The Balaban J connectivity index is 1.20. The number of benzene rings is 4. The minimum atomic E-state index is -0.679. The highest BCUT2D eigenvalue weighted by molar-refractivity contribution is 6.13. The zero-order chi connectivity index (χ0) is 38.0. The first-order chi connectivity index (χ1) is 26.8. The van der Waals surface area contributed by atoms with E-state index in [0.717, 1.165) is 38.5 Å². The predicted molar refractivity (Wildman–Crippen MR) is 201 cm³/mol. The van der Waals surface area contributed by atoms with E-state index in [2.05, 4.69) is 10.3 Å². The molecule has 0 radical (unpaired) electrons. The van der Waals surface area contributed by atoms with Gasteiger partial charge in [-0.05, 0) is 71.3 Å². The highest BCUT2D eigenvalue weighted by Gasteiger charge is 2.53. The number of aromatic amines is 1. The maximum absolute atomic E-state index is 14.7. The maximum atomic E-state index is 14.7. The Labute approximate surface area is 315 Å². The molecule has 13 heteroatoms. The van der Waals surface area contributed by atoms with Crippen molar-refractivity contribution in [2.75, 3.05) is 48.9 Å². The van der Waals surface area contributed by atoms with Crippen molar-refractivity contribution in [1.82, 2.24) is 15.3 Å². The van der Waals surface area contributed by atoms with Gasteiger partial charge in [0.25, 0.3) is 5.91 Å². The van der Waals surface area contributed by atoms with Crippen molar-refractivity contribution < 1.29 is 47.5 Å². The number of carbonyl (C=O) groups excluding carboxylic acids is 2. The Hall–Kier alpha value is -6.63. The molecule has 9 rings (SSSR count). The lowest BCUT2D eigenvalue weighted by Crippen LogP contribution is -2.43. The fourth-order valence-corrected chi connectivity index (χ4v) is 8.40. The number of aromatic nitrogens is 2. The number of pyridine rings is 1. The van der Waals surface area contributed by atoms with E-state index in [4.69, 9.17) is 42.9 Å². The minimum Gasteiger partial charge on any atom is -0.497 e. The molecule has 0 bridgehead atoms. The average molecular weight is 744 g/mol. The fourth-order valence-electron chi connectivity index (χ4n) is 8.40. The molecule has 1 fully saturated rings. The molecule has 2 N–H and O–H groups in total. The van der Waals surface area contributed by atoms with Crippen molar-refractivity contribution in [2.24, 2.45) is 11.8 Å². The molecule has 1 amide bonds. The molecule has 4 atom stereocenters. The van der Waals surface area contributed by atoms with Crippen LogP contribution in [0.5, 0.6) is 40.2 Å². The van der Waals surface area contributed by atoms with Crippen LogP contribution in [0.4, 0.5) is 0 Å². The monoisotopic (exact) mass is 743 g/mol. The van der Waals surface area contributed by atoms with Gasteiger partial charge in [-0.3, -0.25) is 9.59 Å². The first kappa shape index (κ1) is 34.2. The van der Waals surface area contributed by atoms with Crippen LogP contribution < -0.4 is 38.5 Å². The number of esters is 1. The largest absolute Gasteiger partial charge is 0.497 e. The number of cyclic esters (lactones) is 1. The van der Waals surface area contributed by atoms with Crippen molar-refractivity contribution in [3.8, 4) is 51.5 Å². The number of nitrogens with one attached hydrogen (secondary N) is 2. The molecule has 0 spiro atoms. The molecule has 1 saturated heterocycles. The van der Waals surface area contributed by atoms with E-state index < -0.39 is 29.7 Å². The van der Waals surface area contributed by atoms with E-state index in [1.54, 1.807) is 40.6 Å². The zero-order valence-corrected chi connectivity index (χ0v) is 30.7. The molecule has 0 unspecified atom stereocenters. The van der Waals surface area contributed by atoms with Crippen LogP contribution in [0.1, 0.15) is 39.1 Å². The fraction of sp³-hybridized carbons (Fsp3) is 0.262. The number of fused-ring (bicyclic) bond motifs is 6. The number of H-pyrrole nitrogens is 1. The number of methoxy groups -OCH3 is 5. The van der Waals surface area contributed by atoms with E-state index in [9.17, 15) is 9.59 Å². The molecule has 4 heterocycles. The van der Waals surface area contributed by atoms with Gasteiger partial charge >= 0.3 is 5.97 Å². The summed E-state index contributed by atoms with van der Waals surface area (Å²) >= 11 is 0. The molecule has 2 aliphatic heterocycles. The summed E-state index contributed by atoms with van der Waals surface area (Å²) in [6, 6.07) is 21.9. The van der Waals surface area contributed by atoms with Crippen LogP contribution in [0.15, 0.2) is 72.8 Å². The van der Waals surface area contributed by atoms with Gasteiger partial charge in [-0.1, -0.05) is 18.2 Å². The van der Waals surface area contributed by atoms with Crippen LogP contribution in [0, 0.1) is 11.8 Å². The number of rotatable bonds is 9. The maximum Gasteiger partial charge on any atom is 0.310 e. The molecule has 6 aromatic rings. The van der Waals surface area contributed by atoms with Gasteiger partial charge in [0.15, 0.2) is 23.0 Å². The Morgan fingerprint density at radius 2 is 1.51 bits per heavy atom. The highest BCUT2D eigenvalue weighted by atomic mass is 16.7. The van der Waals surface area contributed by atoms with Crippen molar-refractivity contribution in [3.05, 3.63) is 95.2 Å². The number of hydrogen-bond donors (Lipinski definition) is 2. The number of carbonyl (C=O) groups is 2. The first-order valence-corrected chi connectivity index (χ1v) is 17.7. The number of hydrogen-bond acceptors (Lipinski definition) is 11. The quantitative estimate of drug-likeness (QED) is 0.155. The smallest absolute Gasteiger partial charge is 0.310 e. The molecule has 280 valence electrons. The van der Waals surface area contributed by atoms with E-state index >= 15 is 0 Å². The number of amides is 1. The molecule has 2 aromatic heterocycles. The van der Waals surface area contributed by atoms with E-state index in [1.165, 1.54) is 7.11 Å². The van der Waals surface area contributed by atoms with Crippen LogP contribution in [-0.4, -0.2) is 70.8 Å². The Morgan fingerprint density at radius 3 is 2.22 bits per heavy atom. The normalized spacial score (nSPS) is 19.4. The van der Waals surface area contributed by atoms with Crippen molar-refractivity contribution in [2.45, 2.75) is 12.0 Å². The van der Waals surface area contributed by atoms with E-state index in [1.807, 2.05) is 60.7 Å². The van der Waals surface area contributed by atoms with E-state index in [0.29, 0.717) is 51.5 Å². The van der Waals surface area contributed by atoms with Crippen molar-refractivity contribution in [3.63, 3.8) is 0 Å². The molecule has 55 heavy (non-hydrogen) atoms. The third-order valence-corrected chi connectivity index (χ3v) is 10.9. The topological polar surface area (TPSA) is 149 Å².